The highest BCUT2D eigenvalue weighted by Crippen LogP contribution is 2.29. The van der Waals surface area contributed by atoms with E-state index in [0.29, 0.717) is 11.3 Å². The average molecular weight is 237 g/mol. The molecule has 0 fully saturated rings. The third-order valence-electron chi connectivity index (χ3n) is 2.94. The summed E-state index contributed by atoms with van der Waals surface area (Å²) in [6.07, 6.45) is 0. The molecule has 0 atom stereocenters. The molecule has 90 valence electrons. The van der Waals surface area contributed by atoms with Crippen molar-refractivity contribution < 1.29 is 0 Å². The van der Waals surface area contributed by atoms with Crippen molar-refractivity contribution >= 4 is 17.1 Å². The molecule has 2 aromatic carbocycles. The fourth-order valence-electron chi connectivity index (χ4n) is 1.81. The molecule has 0 saturated heterocycles. The van der Waals surface area contributed by atoms with E-state index in [4.69, 9.17) is 11.0 Å². The second kappa shape index (κ2) is 4.80. The van der Waals surface area contributed by atoms with Crippen molar-refractivity contribution in [1.82, 2.24) is 0 Å². The number of benzene rings is 2. The quantitative estimate of drug-likeness (QED) is 0.816. The third-order valence-corrected chi connectivity index (χ3v) is 2.94. The first-order chi connectivity index (χ1) is 8.61. The topological polar surface area (TPSA) is 53.0 Å². The molecular weight excluding hydrogens is 222 g/mol. The Bertz CT molecular complexity index is 594. The van der Waals surface area contributed by atoms with Gasteiger partial charge in [-0.2, -0.15) is 5.26 Å². The van der Waals surface area contributed by atoms with E-state index in [0.717, 1.165) is 11.4 Å². The SMILES string of the molecule is Cc1ccc(N(C)c2cc(C#N)ccc2N)cc1. The Hall–Kier alpha value is -2.47. The standard InChI is InChI=1S/C15H15N3/c1-11-3-6-13(7-4-11)18(2)15-9-12(10-16)5-8-14(15)17/h3-9H,17H2,1-2H3. The van der Waals surface area contributed by atoms with Crippen LogP contribution >= 0.6 is 0 Å². The highest BCUT2D eigenvalue weighted by atomic mass is 15.1. The molecule has 18 heavy (non-hydrogen) atoms. The molecule has 2 aromatic rings. The largest absolute Gasteiger partial charge is 0.397 e. The maximum atomic E-state index is 8.93. The monoisotopic (exact) mass is 237 g/mol. The lowest BCUT2D eigenvalue weighted by molar-refractivity contribution is 1.20. The summed E-state index contributed by atoms with van der Waals surface area (Å²) in [4.78, 5) is 1.98. The second-order valence-electron chi connectivity index (χ2n) is 4.28. The number of nitrogen functional groups attached to an aromatic ring is 1. The summed E-state index contributed by atoms with van der Waals surface area (Å²) in [7, 11) is 1.94. The summed E-state index contributed by atoms with van der Waals surface area (Å²) in [6.45, 7) is 2.05. The van der Waals surface area contributed by atoms with Crippen molar-refractivity contribution in [1.29, 1.82) is 5.26 Å². The number of hydrogen-bond donors (Lipinski definition) is 1. The van der Waals surface area contributed by atoms with Crippen LogP contribution < -0.4 is 10.6 Å². The predicted molar refractivity (Wildman–Crippen MR) is 74.8 cm³/mol. The third kappa shape index (κ3) is 2.28. The Kier molecular flexibility index (Phi) is 3.20. The molecule has 0 aliphatic carbocycles. The molecule has 0 spiro atoms. The molecule has 0 radical (unpaired) electrons. The summed E-state index contributed by atoms with van der Waals surface area (Å²) >= 11 is 0. The number of aryl methyl sites for hydroxylation is 1. The summed E-state index contributed by atoms with van der Waals surface area (Å²) < 4.78 is 0. The van der Waals surface area contributed by atoms with Crippen LogP contribution in [-0.2, 0) is 0 Å². The molecule has 0 bridgehead atoms. The Morgan fingerprint density at radius 1 is 1.11 bits per heavy atom. The molecule has 0 aliphatic rings. The number of nitriles is 1. The van der Waals surface area contributed by atoms with Crippen LogP contribution in [0.25, 0.3) is 0 Å². The zero-order valence-corrected chi connectivity index (χ0v) is 10.5. The Morgan fingerprint density at radius 3 is 2.39 bits per heavy atom. The molecule has 3 heteroatoms. The molecule has 3 nitrogen and oxygen atoms in total. The van der Waals surface area contributed by atoms with Gasteiger partial charge in [-0.05, 0) is 37.3 Å². The van der Waals surface area contributed by atoms with Crippen molar-refractivity contribution in [3.63, 3.8) is 0 Å². The highest BCUT2D eigenvalue weighted by molar-refractivity contribution is 5.75. The van der Waals surface area contributed by atoms with Crippen LogP contribution in [0.2, 0.25) is 0 Å². The zero-order chi connectivity index (χ0) is 13.1. The van der Waals surface area contributed by atoms with Gasteiger partial charge >= 0.3 is 0 Å². The second-order valence-corrected chi connectivity index (χ2v) is 4.28. The van der Waals surface area contributed by atoms with Gasteiger partial charge in [0.2, 0.25) is 0 Å². The molecule has 0 aromatic heterocycles. The van der Waals surface area contributed by atoms with E-state index in [1.165, 1.54) is 5.56 Å². The van der Waals surface area contributed by atoms with Gasteiger partial charge in [-0.1, -0.05) is 17.7 Å². The summed E-state index contributed by atoms with van der Waals surface area (Å²) in [5, 5.41) is 8.93. The van der Waals surface area contributed by atoms with Crippen LogP contribution in [0.1, 0.15) is 11.1 Å². The van der Waals surface area contributed by atoms with Gasteiger partial charge in [0.05, 0.1) is 23.0 Å². The van der Waals surface area contributed by atoms with Crippen molar-refractivity contribution in [3.05, 3.63) is 53.6 Å². The van der Waals surface area contributed by atoms with Gasteiger partial charge in [0, 0.05) is 12.7 Å². The van der Waals surface area contributed by atoms with Crippen molar-refractivity contribution in [3.8, 4) is 6.07 Å². The van der Waals surface area contributed by atoms with E-state index in [2.05, 4.69) is 25.1 Å². The average Bonchev–Trinajstić information content (AvgIpc) is 2.39. The first-order valence-corrected chi connectivity index (χ1v) is 5.72. The minimum Gasteiger partial charge on any atom is -0.397 e. The lowest BCUT2D eigenvalue weighted by Gasteiger charge is -2.21. The molecule has 0 unspecified atom stereocenters. The Balaban J connectivity index is 2.42. The van der Waals surface area contributed by atoms with Gasteiger partial charge in [-0.15, -0.1) is 0 Å². The minimum absolute atomic E-state index is 0.609. The fraction of sp³-hybridized carbons (Fsp3) is 0.133. The molecule has 0 saturated carbocycles. The van der Waals surface area contributed by atoms with Crippen LogP contribution in [0.3, 0.4) is 0 Å². The fourth-order valence-corrected chi connectivity index (χ4v) is 1.81. The van der Waals surface area contributed by atoms with E-state index in [-0.39, 0.29) is 0 Å². The van der Waals surface area contributed by atoms with Gasteiger partial charge in [-0.3, -0.25) is 0 Å². The van der Waals surface area contributed by atoms with Crippen molar-refractivity contribution in [2.24, 2.45) is 0 Å². The van der Waals surface area contributed by atoms with Gasteiger partial charge in [0.15, 0.2) is 0 Å². The van der Waals surface area contributed by atoms with E-state index in [9.17, 15) is 0 Å². The van der Waals surface area contributed by atoms with Gasteiger partial charge in [-0.25, -0.2) is 0 Å². The predicted octanol–water partition coefficient (Wildman–Crippen LogP) is 3.22. The summed E-state index contributed by atoms with van der Waals surface area (Å²) in [5.74, 6) is 0. The molecule has 2 rings (SSSR count). The lowest BCUT2D eigenvalue weighted by Crippen LogP contribution is -2.11. The van der Waals surface area contributed by atoms with Crippen LogP contribution in [0.15, 0.2) is 42.5 Å². The van der Waals surface area contributed by atoms with E-state index >= 15 is 0 Å². The zero-order valence-electron chi connectivity index (χ0n) is 10.5. The molecule has 0 amide bonds. The van der Waals surface area contributed by atoms with Gasteiger partial charge in [0.25, 0.3) is 0 Å². The maximum Gasteiger partial charge on any atom is 0.0992 e. The lowest BCUT2D eigenvalue weighted by atomic mass is 10.1. The number of nitrogens with zero attached hydrogens (tertiary/aromatic N) is 2. The number of hydrogen-bond acceptors (Lipinski definition) is 3. The molecule has 0 heterocycles. The van der Waals surface area contributed by atoms with E-state index in [1.807, 2.05) is 24.1 Å². The van der Waals surface area contributed by atoms with Crippen molar-refractivity contribution in [2.45, 2.75) is 6.92 Å². The van der Waals surface area contributed by atoms with Crippen LogP contribution in [0.5, 0.6) is 0 Å². The van der Waals surface area contributed by atoms with Crippen molar-refractivity contribution in [2.75, 3.05) is 17.7 Å². The molecule has 2 N–H and O–H groups in total. The number of nitrogens with two attached hydrogens (primary N) is 1. The summed E-state index contributed by atoms with van der Waals surface area (Å²) in [6, 6.07) is 15.6. The summed E-state index contributed by atoms with van der Waals surface area (Å²) in [5.41, 5.74) is 10.3. The first-order valence-electron chi connectivity index (χ1n) is 5.72. The van der Waals surface area contributed by atoms with E-state index < -0.39 is 0 Å². The number of anilines is 3. The maximum absolute atomic E-state index is 8.93. The highest BCUT2D eigenvalue weighted by Gasteiger charge is 2.08. The first kappa shape index (κ1) is 12.0. The van der Waals surface area contributed by atoms with Crippen LogP contribution in [0.4, 0.5) is 17.1 Å². The minimum atomic E-state index is 0.609. The normalized spacial score (nSPS) is 9.83. The van der Waals surface area contributed by atoms with Gasteiger partial charge < -0.3 is 10.6 Å². The van der Waals surface area contributed by atoms with Gasteiger partial charge in [0.1, 0.15) is 0 Å². The van der Waals surface area contributed by atoms with E-state index in [1.54, 1.807) is 18.2 Å². The molecular formula is C15H15N3. The Morgan fingerprint density at radius 2 is 1.78 bits per heavy atom. The smallest absolute Gasteiger partial charge is 0.0992 e. The van der Waals surface area contributed by atoms with Crippen LogP contribution in [-0.4, -0.2) is 7.05 Å². The van der Waals surface area contributed by atoms with Crippen LogP contribution in [0, 0.1) is 18.3 Å². The Labute approximate surface area is 107 Å². The number of rotatable bonds is 2. The molecule has 0 aliphatic heterocycles.